The standard InChI is InChI=1S/C20H28N4O3/c1-20(2,3)27-19(26)23-11-8-15(9-12-23)18(25)21-10-13-24-14-22-16-6-4-5-7-17(16)24/h4-7,14-15H,8-13H2,1-3H3,(H,21,25). The van der Waals surface area contributed by atoms with Gasteiger partial charge in [0.05, 0.1) is 17.4 Å². The molecule has 2 amide bonds. The van der Waals surface area contributed by atoms with Crippen molar-refractivity contribution >= 4 is 23.0 Å². The fourth-order valence-electron chi connectivity index (χ4n) is 3.28. The molecule has 0 radical (unpaired) electrons. The van der Waals surface area contributed by atoms with Crippen molar-refractivity contribution in [2.24, 2.45) is 5.92 Å². The molecule has 7 heteroatoms. The van der Waals surface area contributed by atoms with E-state index in [9.17, 15) is 9.59 Å². The number of piperidine rings is 1. The number of imidazole rings is 1. The third-order valence-corrected chi connectivity index (χ3v) is 4.70. The SMILES string of the molecule is CC(C)(C)OC(=O)N1CCC(C(=O)NCCn2cnc3ccccc32)CC1. The third-order valence-electron chi connectivity index (χ3n) is 4.70. The van der Waals surface area contributed by atoms with Crippen LogP contribution >= 0.6 is 0 Å². The van der Waals surface area contributed by atoms with Gasteiger partial charge in [0.25, 0.3) is 0 Å². The van der Waals surface area contributed by atoms with Crippen molar-refractivity contribution in [3.8, 4) is 0 Å². The molecule has 0 saturated carbocycles. The van der Waals surface area contributed by atoms with Gasteiger partial charge in [-0.25, -0.2) is 9.78 Å². The molecule has 3 rings (SSSR count). The van der Waals surface area contributed by atoms with Gasteiger partial charge in [-0.3, -0.25) is 4.79 Å². The molecule has 1 aromatic heterocycles. The van der Waals surface area contributed by atoms with Gasteiger partial charge in [0, 0.05) is 32.1 Å². The van der Waals surface area contributed by atoms with Gasteiger partial charge in [0.1, 0.15) is 5.60 Å². The summed E-state index contributed by atoms with van der Waals surface area (Å²) in [5.41, 5.74) is 1.53. The number of hydrogen-bond acceptors (Lipinski definition) is 4. The fraction of sp³-hybridized carbons (Fsp3) is 0.550. The van der Waals surface area contributed by atoms with Crippen molar-refractivity contribution < 1.29 is 14.3 Å². The molecule has 0 aliphatic carbocycles. The van der Waals surface area contributed by atoms with Crippen LogP contribution in [0.2, 0.25) is 0 Å². The molecule has 1 fully saturated rings. The third kappa shape index (κ3) is 4.99. The van der Waals surface area contributed by atoms with E-state index in [2.05, 4.69) is 10.3 Å². The van der Waals surface area contributed by atoms with Crippen molar-refractivity contribution in [3.05, 3.63) is 30.6 Å². The summed E-state index contributed by atoms with van der Waals surface area (Å²) < 4.78 is 7.43. The Kier molecular flexibility index (Phi) is 5.68. The highest BCUT2D eigenvalue weighted by atomic mass is 16.6. The van der Waals surface area contributed by atoms with Gasteiger partial charge < -0.3 is 19.5 Å². The summed E-state index contributed by atoms with van der Waals surface area (Å²) >= 11 is 0. The molecule has 0 spiro atoms. The highest BCUT2D eigenvalue weighted by Crippen LogP contribution is 2.20. The number of benzene rings is 1. The molecule has 0 bridgehead atoms. The minimum Gasteiger partial charge on any atom is -0.444 e. The highest BCUT2D eigenvalue weighted by molar-refractivity contribution is 5.79. The van der Waals surface area contributed by atoms with E-state index in [4.69, 9.17) is 4.74 Å². The zero-order valence-corrected chi connectivity index (χ0v) is 16.3. The number of hydrogen-bond donors (Lipinski definition) is 1. The molecule has 1 aromatic carbocycles. The summed E-state index contributed by atoms with van der Waals surface area (Å²) in [6, 6.07) is 7.95. The number of amides is 2. The highest BCUT2D eigenvalue weighted by Gasteiger charge is 2.29. The van der Waals surface area contributed by atoms with Gasteiger partial charge in [-0.2, -0.15) is 0 Å². The Labute approximate surface area is 159 Å². The van der Waals surface area contributed by atoms with Gasteiger partial charge in [0.2, 0.25) is 5.91 Å². The monoisotopic (exact) mass is 372 g/mol. The predicted octanol–water partition coefficient (Wildman–Crippen LogP) is 2.80. The minimum absolute atomic E-state index is 0.0526. The van der Waals surface area contributed by atoms with Crippen LogP contribution in [0.3, 0.4) is 0 Å². The van der Waals surface area contributed by atoms with Crippen molar-refractivity contribution in [1.29, 1.82) is 0 Å². The lowest BCUT2D eigenvalue weighted by atomic mass is 9.96. The van der Waals surface area contributed by atoms with Crippen molar-refractivity contribution in [3.63, 3.8) is 0 Å². The number of carbonyl (C=O) groups excluding carboxylic acids is 2. The fourth-order valence-corrected chi connectivity index (χ4v) is 3.28. The van der Waals surface area contributed by atoms with E-state index in [1.807, 2.05) is 49.6 Å². The van der Waals surface area contributed by atoms with Crippen LogP contribution in [-0.2, 0) is 16.1 Å². The van der Waals surface area contributed by atoms with Gasteiger partial charge >= 0.3 is 6.09 Å². The molecule has 1 aliphatic heterocycles. The molecule has 0 atom stereocenters. The zero-order valence-electron chi connectivity index (χ0n) is 16.3. The van der Waals surface area contributed by atoms with Crippen LogP contribution in [0.1, 0.15) is 33.6 Å². The molecular formula is C20H28N4O3. The lowest BCUT2D eigenvalue weighted by Crippen LogP contribution is -2.45. The first-order valence-electron chi connectivity index (χ1n) is 9.49. The number of para-hydroxylation sites is 2. The lowest BCUT2D eigenvalue weighted by Gasteiger charge is -2.32. The number of fused-ring (bicyclic) bond motifs is 1. The first-order valence-corrected chi connectivity index (χ1v) is 9.49. The quantitative estimate of drug-likeness (QED) is 0.895. The summed E-state index contributed by atoms with van der Waals surface area (Å²) in [7, 11) is 0. The molecule has 7 nitrogen and oxygen atoms in total. The number of aromatic nitrogens is 2. The second-order valence-corrected chi connectivity index (χ2v) is 7.96. The average molecular weight is 372 g/mol. The Morgan fingerprint density at radius 3 is 2.63 bits per heavy atom. The van der Waals surface area contributed by atoms with Crippen LogP contribution in [0, 0.1) is 5.92 Å². The van der Waals surface area contributed by atoms with Gasteiger partial charge in [-0.1, -0.05) is 12.1 Å². The van der Waals surface area contributed by atoms with E-state index in [-0.39, 0.29) is 17.9 Å². The maximum absolute atomic E-state index is 12.4. The van der Waals surface area contributed by atoms with Crippen LogP contribution in [0.4, 0.5) is 4.79 Å². The Morgan fingerprint density at radius 2 is 1.93 bits per heavy atom. The first kappa shape index (κ1) is 19.2. The molecule has 27 heavy (non-hydrogen) atoms. The maximum atomic E-state index is 12.4. The van der Waals surface area contributed by atoms with E-state index < -0.39 is 5.60 Å². The molecule has 1 saturated heterocycles. The second-order valence-electron chi connectivity index (χ2n) is 7.96. The molecular weight excluding hydrogens is 344 g/mol. The second kappa shape index (κ2) is 7.98. The summed E-state index contributed by atoms with van der Waals surface area (Å²) in [5.74, 6) is 0.00600. The molecule has 1 aliphatic rings. The normalized spacial score (nSPS) is 15.7. The number of nitrogens with one attached hydrogen (secondary N) is 1. The molecule has 0 unspecified atom stereocenters. The number of carbonyl (C=O) groups is 2. The van der Waals surface area contributed by atoms with Crippen LogP contribution in [-0.4, -0.2) is 51.7 Å². The van der Waals surface area contributed by atoms with Gasteiger partial charge in [-0.15, -0.1) is 0 Å². The Balaban J connectivity index is 1.43. The van der Waals surface area contributed by atoms with Crippen molar-refractivity contribution in [1.82, 2.24) is 19.8 Å². The van der Waals surface area contributed by atoms with Crippen molar-refractivity contribution in [2.45, 2.75) is 45.8 Å². The van der Waals surface area contributed by atoms with Crippen LogP contribution in [0.25, 0.3) is 11.0 Å². The average Bonchev–Trinajstić information content (AvgIpc) is 3.04. The molecule has 2 aromatic rings. The van der Waals surface area contributed by atoms with Crippen molar-refractivity contribution in [2.75, 3.05) is 19.6 Å². The molecule has 146 valence electrons. The topological polar surface area (TPSA) is 76.5 Å². The lowest BCUT2D eigenvalue weighted by molar-refractivity contribution is -0.126. The maximum Gasteiger partial charge on any atom is 0.410 e. The summed E-state index contributed by atoms with van der Waals surface area (Å²) in [6.07, 6.45) is 2.84. The zero-order chi connectivity index (χ0) is 19.4. The number of likely N-dealkylation sites (tertiary alicyclic amines) is 1. The summed E-state index contributed by atoms with van der Waals surface area (Å²) in [5, 5.41) is 3.02. The predicted molar refractivity (Wildman–Crippen MR) is 103 cm³/mol. The number of rotatable bonds is 4. The van der Waals surface area contributed by atoms with Crippen LogP contribution in [0.15, 0.2) is 30.6 Å². The summed E-state index contributed by atoms with van der Waals surface area (Å²) in [6.45, 7) is 7.92. The first-order chi connectivity index (χ1) is 12.8. The number of ether oxygens (including phenoxy) is 1. The van der Waals surface area contributed by atoms with Gasteiger partial charge in [0.15, 0.2) is 0 Å². The van der Waals surface area contributed by atoms with E-state index in [0.717, 1.165) is 11.0 Å². The van der Waals surface area contributed by atoms with Crippen LogP contribution in [0.5, 0.6) is 0 Å². The Hall–Kier alpha value is -2.57. The molecule has 1 N–H and O–H groups in total. The van der Waals surface area contributed by atoms with Crippen LogP contribution < -0.4 is 5.32 Å². The van der Waals surface area contributed by atoms with E-state index >= 15 is 0 Å². The largest absolute Gasteiger partial charge is 0.444 e. The van der Waals surface area contributed by atoms with E-state index in [0.29, 0.717) is 39.0 Å². The minimum atomic E-state index is -0.497. The Bertz CT molecular complexity index is 801. The van der Waals surface area contributed by atoms with E-state index in [1.165, 1.54) is 0 Å². The summed E-state index contributed by atoms with van der Waals surface area (Å²) in [4.78, 5) is 30.6. The van der Waals surface area contributed by atoms with Gasteiger partial charge in [-0.05, 0) is 45.7 Å². The smallest absolute Gasteiger partial charge is 0.410 e. The Morgan fingerprint density at radius 1 is 1.22 bits per heavy atom. The molecule has 2 heterocycles. The number of nitrogens with zero attached hydrogens (tertiary/aromatic N) is 3. The van der Waals surface area contributed by atoms with E-state index in [1.54, 1.807) is 11.2 Å².